The van der Waals surface area contributed by atoms with Crippen LogP contribution in [0.5, 0.6) is 5.75 Å². The Bertz CT molecular complexity index is 860. The number of rotatable bonds is 10. The zero-order chi connectivity index (χ0) is 19.6. The summed E-state index contributed by atoms with van der Waals surface area (Å²) in [5, 5.41) is 2.86. The van der Waals surface area contributed by atoms with Crippen LogP contribution in [-0.4, -0.2) is 34.7 Å². The van der Waals surface area contributed by atoms with Crippen molar-refractivity contribution in [2.75, 3.05) is 13.2 Å². The topological polar surface area (TPSA) is 82.2 Å². The lowest BCUT2D eigenvalue weighted by Gasteiger charge is -2.11. The van der Waals surface area contributed by atoms with Crippen molar-refractivity contribution in [2.24, 2.45) is 5.73 Å². The minimum Gasteiger partial charge on any atom is -0.494 e. The van der Waals surface area contributed by atoms with Crippen LogP contribution in [0.4, 0.5) is 0 Å². The molecule has 30 heavy (non-hydrogen) atoms. The number of para-hydroxylation sites is 1. The van der Waals surface area contributed by atoms with Crippen molar-refractivity contribution in [3.8, 4) is 5.75 Å². The van der Waals surface area contributed by atoms with Crippen LogP contribution < -0.4 is 15.8 Å². The molecule has 3 rings (SSSR count). The van der Waals surface area contributed by atoms with Crippen LogP contribution >= 0.6 is 24.8 Å². The Morgan fingerprint density at radius 1 is 1.07 bits per heavy atom. The number of ether oxygens (including phenoxy) is 1. The molecule has 0 fully saturated rings. The van der Waals surface area contributed by atoms with Crippen molar-refractivity contribution in [2.45, 2.75) is 25.4 Å². The Morgan fingerprint density at radius 3 is 2.43 bits per heavy atom. The van der Waals surface area contributed by atoms with Crippen molar-refractivity contribution < 1.29 is 9.53 Å². The number of benzene rings is 2. The van der Waals surface area contributed by atoms with Gasteiger partial charge in [-0.3, -0.25) is 4.79 Å². The Labute approximate surface area is 189 Å². The minimum atomic E-state index is -0.616. The summed E-state index contributed by atoms with van der Waals surface area (Å²) in [6.45, 7) is 1.82. The third-order valence-corrected chi connectivity index (χ3v) is 4.29. The molecule has 3 N–H and O–H groups in total. The first-order valence-electron chi connectivity index (χ1n) is 9.46. The zero-order valence-corrected chi connectivity index (χ0v) is 18.3. The molecule has 0 bridgehead atoms. The van der Waals surface area contributed by atoms with Gasteiger partial charge in [0.2, 0.25) is 5.91 Å². The van der Waals surface area contributed by atoms with E-state index in [0.29, 0.717) is 19.6 Å². The lowest BCUT2D eigenvalue weighted by Crippen LogP contribution is -2.42. The van der Waals surface area contributed by atoms with Gasteiger partial charge in [0.25, 0.3) is 0 Å². The standard InChI is InChI=1S/C22H26N4O2.2ClH/c23-21(22(27)24-12-7-13-28-20-10-5-2-6-11-20)14-19-16-26(17-25-19)15-18-8-3-1-4-9-18;;/h1-6,8-11,16-17,21H,7,12-15,23H2,(H,24,27);2*1H/t21-;;/m0../s1. The van der Waals surface area contributed by atoms with Crippen LogP contribution in [0.1, 0.15) is 17.7 Å². The second kappa shape index (κ2) is 13.6. The Hall–Kier alpha value is -2.54. The predicted octanol–water partition coefficient (Wildman–Crippen LogP) is 3.23. The van der Waals surface area contributed by atoms with E-state index >= 15 is 0 Å². The highest BCUT2D eigenvalue weighted by Gasteiger charge is 2.15. The van der Waals surface area contributed by atoms with Gasteiger partial charge in [0, 0.05) is 25.7 Å². The summed E-state index contributed by atoms with van der Waals surface area (Å²) in [5.41, 5.74) is 8.04. The Kier molecular flexibility index (Phi) is 11.6. The molecule has 0 aliphatic heterocycles. The first-order chi connectivity index (χ1) is 13.7. The molecule has 2 aromatic carbocycles. The van der Waals surface area contributed by atoms with Gasteiger partial charge < -0.3 is 20.4 Å². The van der Waals surface area contributed by atoms with E-state index in [4.69, 9.17) is 10.5 Å². The van der Waals surface area contributed by atoms with E-state index in [-0.39, 0.29) is 30.7 Å². The number of nitrogens with one attached hydrogen (secondary N) is 1. The second-order valence-electron chi connectivity index (χ2n) is 6.64. The van der Waals surface area contributed by atoms with Gasteiger partial charge in [0.05, 0.1) is 24.7 Å². The number of nitrogens with two attached hydrogens (primary N) is 1. The Morgan fingerprint density at radius 2 is 1.73 bits per heavy atom. The number of hydrogen-bond donors (Lipinski definition) is 2. The lowest BCUT2D eigenvalue weighted by atomic mass is 10.1. The van der Waals surface area contributed by atoms with Crippen molar-refractivity contribution in [1.82, 2.24) is 14.9 Å². The summed E-state index contributed by atoms with van der Waals surface area (Å²) in [6.07, 6.45) is 4.84. The quantitative estimate of drug-likeness (QED) is 0.464. The summed E-state index contributed by atoms with van der Waals surface area (Å²) in [6, 6.07) is 19.2. The molecule has 1 heterocycles. The molecular formula is C22H28Cl2N4O2. The first-order valence-corrected chi connectivity index (χ1v) is 9.46. The van der Waals surface area contributed by atoms with Crippen molar-refractivity contribution in [3.05, 3.63) is 84.4 Å². The van der Waals surface area contributed by atoms with E-state index in [1.165, 1.54) is 5.56 Å². The molecule has 0 saturated carbocycles. The van der Waals surface area contributed by atoms with Gasteiger partial charge >= 0.3 is 0 Å². The molecule has 3 aromatic rings. The molecule has 8 heteroatoms. The number of carbonyl (C=O) groups excluding carboxylic acids is 1. The number of carbonyl (C=O) groups is 1. The van der Waals surface area contributed by atoms with E-state index in [0.717, 1.165) is 24.4 Å². The number of hydrogen-bond acceptors (Lipinski definition) is 4. The van der Waals surface area contributed by atoms with Gasteiger partial charge in [-0.2, -0.15) is 0 Å². The van der Waals surface area contributed by atoms with Gasteiger partial charge in [-0.15, -0.1) is 24.8 Å². The number of imidazole rings is 1. The average Bonchev–Trinajstić information content (AvgIpc) is 3.15. The van der Waals surface area contributed by atoms with E-state index in [1.54, 1.807) is 6.33 Å². The third kappa shape index (κ3) is 8.45. The zero-order valence-electron chi connectivity index (χ0n) is 16.6. The van der Waals surface area contributed by atoms with Crippen molar-refractivity contribution in [1.29, 1.82) is 0 Å². The van der Waals surface area contributed by atoms with E-state index in [1.807, 2.05) is 59.3 Å². The molecule has 162 valence electrons. The van der Waals surface area contributed by atoms with Crippen LogP contribution in [-0.2, 0) is 17.8 Å². The second-order valence-corrected chi connectivity index (χ2v) is 6.64. The summed E-state index contributed by atoms with van der Waals surface area (Å²) in [7, 11) is 0. The molecule has 0 aliphatic rings. The summed E-state index contributed by atoms with van der Waals surface area (Å²) >= 11 is 0. The van der Waals surface area contributed by atoms with E-state index in [9.17, 15) is 4.79 Å². The fourth-order valence-corrected chi connectivity index (χ4v) is 2.83. The van der Waals surface area contributed by atoms with E-state index < -0.39 is 6.04 Å². The minimum absolute atomic E-state index is 0. The molecule has 0 spiro atoms. The predicted molar refractivity (Wildman–Crippen MR) is 124 cm³/mol. The maximum absolute atomic E-state index is 12.2. The molecular weight excluding hydrogens is 423 g/mol. The largest absolute Gasteiger partial charge is 0.494 e. The van der Waals surface area contributed by atoms with Crippen LogP contribution in [0.3, 0.4) is 0 Å². The fourth-order valence-electron chi connectivity index (χ4n) is 2.83. The highest BCUT2D eigenvalue weighted by Crippen LogP contribution is 2.08. The molecule has 0 radical (unpaired) electrons. The Balaban J connectivity index is 0.00000225. The van der Waals surface area contributed by atoms with Gasteiger partial charge in [0.1, 0.15) is 5.75 Å². The molecule has 0 aliphatic carbocycles. The highest BCUT2D eigenvalue weighted by molar-refractivity contribution is 5.85. The maximum atomic E-state index is 12.2. The normalized spacial score (nSPS) is 11.0. The maximum Gasteiger partial charge on any atom is 0.237 e. The van der Waals surface area contributed by atoms with Crippen molar-refractivity contribution >= 4 is 30.7 Å². The monoisotopic (exact) mass is 450 g/mol. The van der Waals surface area contributed by atoms with Crippen LogP contribution in [0.15, 0.2) is 73.2 Å². The highest BCUT2D eigenvalue weighted by atomic mass is 35.5. The van der Waals surface area contributed by atoms with Gasteiger partial charge in [-0.1, -0.05) is 48.5 Å². The molecule has 0 saturated heterocycles. The number of amides is 1. The van der Waals surface area contributed by atoms with Crippen LogP contribution in [0.2, 0.25) is 0 Å². The van der Waals surface area contributed by atoms with Crippen molar-refractivity contribution in [3.63, 3.8) is 0 Å². The van der Waals surface area contributed by atoms with Gasteiger partial charge in [-0.25, -0.2) is 4.98 Å². The lowest BCUT2D eigenvalue weighted by molar-refractivity contribution is -0.122. The number of halogens is 2. The molecule has 1 aromatic heterocycles. The summed E-state index contributed by atoms with van der Waals surface area (Å²) in [5.74, 6) is 0.661. The summed E-state index contributed by atoms with van der Waals surface area (Å²) in [4.78, 5) is 16.5. The van der Waals surface area contributed by atoms with Crippen LogP contribution in [0, 0.1) is 0 Å². The summed E-state index contributed by atoms with van der Waals surface area (Å²) < 4.78 is 7.60. The first kappa shape index (κ1) is 25.5. The smallest absolute Gasteiger partial charge is 0.237 e. The fraction of sp³-hybridized carbons (Fsp3) is 0.273. The molecule has 1 amide bonds. The third-order valence-electron chi connectivity index (χ3n) is 4.29. The SMILES string of the molecule is Cl.Cl.N[C@@H](Cc1cn(Cc2ccccc2)cn1)C(=O)NCCCOc1ccccc1. The van der Waals surface area contributed by atoms with Gasteiger partial charge in [0.15, 0.2) is 0 Å². The van der Waals surface area contributed by atoms with Crippen LogP contribution in [0.25, 0.3) is 0 Å². The number of nitrogens with zero attached hydrogens (tertiary/aromatic N) is 2. The van der Waals surface area contributed by atoms with Gasteiger partial charge in [-0.05, 0) is 24.1 Å². The number of aromatic nitrogens is 2. The molecule has 1 atom stereocenters. The molecule has 6 nitrogen and oxygen atoms in total. The van der Waals surface area contributed by atoms with E-state index in [2.05, 4.69) is 22.4 Å². The average molecular weight is 451 g/mol. The molecule has 0 unspecified atom stereocenters.